The summed E-state index contributed by atoms with van der Waals surface area (Å²) in [5.41, 5.74) is 4.31. The molecule has 1 aliphatic carbocycles. The summed E-state index contributed by atoms with van der Waals surface area (Å²) in [6, 6.07) is 23.2. The SMILES string of the molecule is Ic1ccc(-c2nc3ccc(C4(c5ccccc5)C=C4)nc3s2)cc1. The van der Waals surface area contributed by atoms with Gasteiger partial charge in [-0.2, -0.15) is 0 Å². The van der Waals surface area contributed by atoms with Gasteiger partial charge in [0.2, 0.25) is 0 Å². The van der Waals surface area contributed by atoms with Crippen molar-refractivity contribution < 1.29 is 0 Å². The highest BCUT2D eigenvalue weighted by molar-refractivity contribution is 14.1. The molecular weight excluding hydrogens is 439 g/mol. The van der Waals surface area contributed by atoms with Gasteiger partial charge >= 0.3 is 0 Å². The van der Waals surface area contributed by atoms with Crippen molar-refractivity contribution in [3.05, 3.63) is 93.7 Å². The fourth-order valence-electron chi connectivity index (χ4n) is 3.07. The lowest BCUT2D eigenvalue weighted by atomic mass is 9.89. The number of nitrogens with zero attached hydrogens (tertiary/aromatic N) is 2. The maximum absolute atomic E-state index is 4.94. The normalized spacial score (nSPS) is 14.8. The molecule has 0 unspecified atom stereocenters. The summed E-state index contributed by atoms with van der Waals surface area (Å²) < 4.78 is 1.23. The Morgan fingerprint density at radius 1 is 0.800 bits per heavy atom. The minimum absolute atomic E-state index is 0.136. The molecule has 1 aliphatic rings. The number of pyridine rings is 1. The number of halogens is 1. The Kier molecular flexibility index (Phi) is 3.50. The predicted octanol–water partition coefficient (Wildman–Crippen LogP) is 5.82. The molecule has 2 aromatic heterocycles. The van der Waals surface area contributed by atoms with Gasteiger partial charge in [-0.25, -0.2) is 9.97 Å². The summed E-state index contributed by atoms with van der Waals surface area (Å²) in [4.78, 5) is 10.7. The minimum Gasteiger partial charge on any atom is -0.239 e. The molecule has 4 heteroatoms. The highest BCUT2D eigenvalue weighted by atomic mass is 127. The van der Waals surface area contributed by atoms with Crippen LogP contribution in [-0.2, 0) is 5.41 Å². The molecule has 5 rings (SSSR count). The molecule has 0 radical (unpaired) electrons. The van der Waals surface area contributed by atoms with Crippen molar-refractivity contribution >= 4 is 44.3 Å². The van der Waals surface area contributed by atoms with Gasteiger partial charge in [-0.3, -0.25) is 0 Å². The lowest BCUT2D eigenvalue weighted by molar-refractivity contribution is 0.887. The predicted molar refractivity (Wildman–Crippen MR) is 112 cm³/mol. The highest BCUT2D eigenvalue weighted by Crippen LogP contribution is 2.44. The summed E-state index contributed by atoms with van der Waals surface area (Å²) in [7, 11) is 0. The number of allylic oxidation sites excluding steroid dienone is 2. The van der Waals surface area contributed by atoms with E-state index in [0.29, 0.717) is 0 Å². The molecule has 0 N–H and O–H groups in total. The van der Waals surface area contributed by atoms with E-state index in [-0.39, 0.29) is 5.41 Å². The van der Waals surface area contributed by atoms with Crippen molar-refractivity contribution in [2.45, 2.75) is 5.41 Å². The Bertz CT molecular complexity index is 1090. The average molecular weight is 452 g/mol. The molecule has 120 valence electrons. The van der Waals surface area contributed by atoms with Crippen LogP contribution in [0.5, 0.6) is 0 Å². The first-order chi connectivity index (χ1) is 12.2. The van der Waals surface area contributed by atoms with Crippen LogP contribution in [0.4, 0.5) is 0 Å². The van der Waals surface area contributed by atoms with Crippen molar-refractivity contribution in [1.29, 1.82) is 0 Å². The van der Waals surface area contributed by atoms with Gasteiger partial charge in [-0.15, -0.1) is 0 Å². The number of fused-ring (bicyclic) bond motifs is 1. The number of hydrogen-bond donors (Lipinski definition) is 0. The monoisotopic (exact) mass is 452 g/mol. The van der Waals surface area contributed by atoms with Crippen LogP contribution in [0.15, 0.2) is 78.9 Å². The molecule has 25 heavy (non-hydrogen) atoms. The highest BCUT2D eigenvalue weighted by Gasteiger charge is 2.39. The van der Waals surface area contributed by atoms with Crippen LogP contribution in [0.3, 0.4) is 0 Å². The van der Waals surface area contributed by atoms with Crippen LogP contribution in [-0.4, -0.2) is 9.97 Å². The Morgan fingerprint density at radius 3 is 2.28 bits per heavy atom. The first kappa shape index (κ1) is 15.2. The second-order valence-electron chi connectivity index (χ2n) is 6.12. The fourth-order valence-corrected chi connectivity index (χ4v) is 4.37. The number of rotatable bonds is 3. The maximum Gasteiger partial charge on any atom is 0.144 e. The van der Waals surface area contributed by atoms with E-state index in [9.17, 15) is 0 Å². The molecule has 4 aromatic rings. The molecule has 0 saturated carbocycles. The van der Waals surface area contributed by atoms with Crippen LogP contribution in [0, 0.1) is 3.57 Å². The van der Waals surface area contributed by atoms with Gasteiger partial charge in [-0.1, -0.05) is 66.0 Å². The van der Waals surface area contributed by atoms with Crippen molar-refractivity contribution in [2.75, 3.05) is 0 Å². The molecule has 0 spiro atoms. The molecule has 0 aliphatic heterocycles. The molecule has 2 heterocycles. The summed E-state index contributed by atoms with van der Waals surface area (Å²) in [5, 5.41) is 1.02. The van der Waals surface area contributed by atoms with E-state index < -0.39 is 0 Å². The summed E-state index contributed by atoms with van der Waals surface area (Å²) in [6.07, 6.45) is 4.44. The van der Waals surface area contributed by atoms with Crippen LogP contribution >= 0.6 is 33.9 Å². The van der Waals surface area contributed by atoms with Gasteiger partial charge in [0.05, 0.1) is 11.1 Å². The minimum atomic E-state index is -0.136. The van der Waals surface area contributed by atoms with Gasteiger partial charge < -0.3 is 0 Å². The van der Waals surface area contributed by atoms with Crippen molar-refractivity contribution in [1.82, 2.24) is 9.97 Å². The Labute approximate surface area is 163 Å². The van der Waals surface area contributed by atoms with Gasteiger partial charge in [-0.05, 0) is 52.4 Å². The molecule has 0 saturated heterocycles. The quantitative estimate of drug-likeness (QED) is 0.289. The zero-order valence-corrected chi connectivity index (χ0v) is 16.2. The summed E-state index contributed by atoms with van der Waals surface area (Å²) in [6.45, 7) is 0. The summed E-state index contributed by atoms with van der Waals surface area (Å²) >= 11 is 3.98. The average Bonchev–Trinajstić information content (AvgIpc) is 3.36. The molecule has 2 nitrogen and oxygen atoms in total. The smallest absolute Gasteiger partial charge is 0.144 e. The zero-order chi connectivity index (χ0) is 16.9. The van der Waals surface area contributed by atoms with Crippen LogP contribution in [0.1, 0.15) is 11.3 Å². The molecule has 0 fully saturated rings. The zero-order valence-electron chi connectivity index (χ0n) is 13.2. The lowest BCUT2D eigenvalue weighted by Gasteiger charge is -2.15. The van der Waals surface area contributed by atoms with E-state index in [4.69, 9.17) is 9.97 Å². The molecule has 0 amide bonds. The van der Waals surface area contributed by atoms with E-state index in [0.717, 1.165) is 26.6 Å². The van der Waals surface area contributed by atoms with Gasteiger partial charge in [0, 0.05) is 9.13 Å². The molecule has 2 aromatic carbocycles. The molecule has 0 atom stereocenters. The first-order valence-corrected chi connectivity index (χ1v) is 9.94. The fraction of sp³-hybridized carbons (Fsp3) is 0.0476. The van der Waals surface area contributed by atoms with Crippen LogP contribution in [0.25, 0.3) is 20.9 Å². The standard InChI is InChI=1S/C21H13IN2S/c22-16-8-6-14(7-9-16)19-23-17-10-11-18(24-20(17)25-19)21(12-13-21)15-4-2-1-3-5-15/h1-13H. The first-order valence-electron chi connectivity index (χ1n) is 8.05. The Balaban J connectivity index is 1.58. The van der Waals surface area contributed by atoms with E-state index in [1.807, 2.05) is 6.07 Å². The number of hydrogen-bond acceptors (Lipinski definition) is 3. The summed E-state index contributed by atoms with van der Waals surface area (Å²) in [5.74, 6) is 0. The third kappa shape index (κ3) is 2.60. The molecular formula is C21H13IN2S. The van der Waals surface area contributed by atoms with Crippen molar-refractivity contribution in [3.8, 4) is 10.6 Å². The number of thiazole rings is 1. The third-order valence-electron chi connectivity index (χ3n) is 4.52. The Hall–Kier alpha value is -2.05. The van der Waals surface area contributed by atoms with Gasteiger partial charge in [0.15, 0.2) is 0 Å². The van der Waals surface area contributed by atoms with Crippen molar-refractivity contribution in [2.24, 2.45) is 0 Å². The van der Waals surface area contributed by atoms with E-state index in [1.165, 1.54) is 9.13 Å². The second-order valence-corrected chi connectivity index (χ2v) is 8.34. The number of aromatic nitrogens is 2. The van der Waals surface area contributed by atoms with Gasteiger partial charge in [0.25, 0.3) is 0 Å². The van der Waals surface area contributed by atoms with E-state index in [1.54, 1.807) is 11.3 Å². The third-order valence-corrected chi connectivity index (χ3v) is 6.26. The second kappa shape index (κ2) is 5.75. The largest absolute Gasteiger partial charge is 0.239 e. The lowest BCUT2D eigenvalue weighted by Crippen LogP contribution is -2.12. The van der Waals surface area contributed by atoms with E-state index in [2.05, 4.69) is 95.4 Å². The van der Waals surface area contributed by atoms with E-state index >= 15 is 0 Å². The Morgan fingerprint density at radius 2 is 1.56 bits per heavy atom. The number of benzene rings is 2. The van der Waals surface area contributed by atoms with Crippen LogP contribution < -0.4 is 0 Å². The van der Waals surface area contributed by atoms with Gasteiger partial charge in [0.1, 0.15) is 15.4 Å². The van der Waals surface area contributed by atoms with Crippen molar-refractivity contribution in [3.63, 3.8) is 0 Å². The topological polar surface area (TPSA) is 25.8 Å². The maximum atomic E-state index is 4.94. The molecule has 0 bridgehead atoms. The van der Waals surface area contributed by atoms with Crippen LogP contribution in [0.2, 0.25) is 0 Å².